The topological polar surface area (TPSA) is 57.6 Å². The molecule has 1 aliphatic rings. The Morgan fingerprint density at radius 1 is 1.23 bits per heavy atom. The molecule has 6 heteroatoms. The van der Waals surface area contributed by atoms with Gasteiger partial charge in [-0.3, -0.25) is 0 Å². The second-order valence-corrected chi connectivity index (χ2v) is 10.2. The SMILES string of the molecule is CCCCC1(C)CN(c2ccccc2)c2cc(Br)c(O)cc2S(=O)(=O)C1. The molecule has 26 heavy (non-hydrogen) atoms. The van der Waals surface area contributed by atoms with Gasteiger partial charge in [0.15, 0.2) is 9.84 Å². The number of phenols is 1. The maximum atomic E-state index is 13.2. The number of unbranched alkanes of at least 4 members (excludes halogenated alkanes) is 1. The van der Waals surface area contributed by atoms with E-state index in [-0.39, 0.29) is 21.8 Å². The van der Waals surface area contributed by atoms with Gasteiger partial charge in [0.25, 0.3) is 0 Å². The highest BCUT2D eigenvalue weighted by molar-refractivity contribution is 9.10. The molecule has 0 amide bonds. The van der Waals surface area contributed by atoms with Crippen LogP contribution in [0.1, 0.15) is 33.1 Å². The van der Waals surface area contributed by atoms with E-state index >= 15 is 0 Å². The number of phenolic OH excluding ortho intramolecular Hbond substituents is 1. The van der Waals surface area contributed by atoms with E-state index in [2.05, 4.69) is 34.7 Å². The van der Waals surface area contributed by atoms with Crippen molar-refractivity contribution < 1.29 is 13.5 Å². The Morgan fingerprint density at radius 2 is 1.92 bits per heavy atom. The second kappa shape index (κ2) is 7.24. The van der Waals surface area contributed by atoms with Crippen molar-refractivity contribution in [3.05, 3.63) is 46.9 Å². The van der Waals surface area contributed by atoms with Crippen molar-refractivity contribution >= 4 is 37.1 Å². The Bertz CT molecular complexity index is 899. The Hall–Kier alpha value is -1.53. The van der Waals surface area contributed by atoms with Crippen molar-refractivity contribution in [2.75, 3.05) is 17.2 Å². The predicted molar refractivity (Wildman–Crippen MR) is 109 cm³/mol. The lowest BCUT2D eigenvalue weighted by molar-refractivity contribution is 0.338. The molecular formula is C20H24BrNO3S. The molecule has 0 saturated heterocycles. The standard InChI is InChI=1S/C20H24BrNO3S/c1-3-4-10-20(2)13-22(15-8-6-5-7-9-15)17-11-16(21)18(23)12-19(17)26(24,25)14-20/h5-9,11-12,23H,3-4,10,13-14H2,1-2H3. The van der Waals surface area contributed by atoms with Crippen LogP contribution in [-0.4, -0.2) is 25.8 Å². The number of para-hydroxylation sites is 1. The molecule has 4 nitrogen and oxygen atoms in total. The summed E-state index contributed by atoms with van der Waals surface area (Å²) in [6.07, 6.45) is 2.85. The summed E-state index contributed by atoms with van der Waals surface area (Å²) in [7, 11) is -3.52. The molecule has 1 unspecified atom stereocenters. The third-order valence-corrected chi connectivity index (χ3v) is 7.64. The number of hydrogen-bond donors (Lipinski definition) is 1. The molecule has 1 N–H and O–H groups in total. The van der Waals surface area contributed by atoms with Gasteiger partial charge in [-0.15, -0.1) is 0 Å². The Labute approximate surface area is 163 Å². The fourth-order valence-corrected chi connectivity index (χ4v) is 6.05. The summed E-state index contributed by atoms with van der Waals surface area (Å²) >= 11 is 3.34. The number of aromatic hydroxyl groups is 1. The zero-order valence-corrected chi connectivity index (χ0v) is 17.5. The van der Waals surface area contributed by atoms with Crippen LogP contribution in [0.25, 0.3) is 0 Å². The van der Waals surface area contributed by atoms with Crippen molar-refractivity contribution in [2.45, 2.75) is 38.0 Å². The molecule has 2 aromatic rings. The molecule has 0 fully saturated rings. The molecule has 1 atom stereocenters. The number of nitrogens with zero attached hydrogens (tertiary/aromatic N) is 1. The summed E-state index contributed by atoms with van der Waals surface area (Å²) in [4.78, 5) is 2.27. The van der Waals surface area contributed by atoms with Crippen LogP contribution >= 0.6 is 15.9 Å². The van der Waals surface area contributed by atoms with E-state index in [9.17, 15) is 13.5 Å². The second-order valence-electron chi connectivity index (χ2n) is 7.37. The minimum Gasteiger partial charge on any atom is -0.507 e. The summed E-state index contributed by atoms with van der Waals surface area (Å²) < 4.78 is 26.8. The Balaban J connectivity index is 2.22. The van der Waals surface area contributed by atoms with Crippen LogP contribution < -0.4 is 4.90 Å². The fourth-order valence-electron chi connectivity index (χ4n) is 3.63. The molecule has 0 bridgehead atoms. The van der Waals surface area contributed by atoms with Crippen molar-refractivity contribution in [2.24, 2.45) is 5.41 Å². The van der Waals surface area contributed by atoms with Gasteiger partial charge < -0.3 is 10.0 Å². The maximum absolute atomic E-state index is 13.2. The number of benzene rings is 2. The number of fused-ring (bicyclic) bond motifs is 1. The van der Waals surface area contributed by atoms with Crippen LogP contribution in [0.2, 0.25) is 0 Å². The lowest BCUT2D eigenvalue weighted by Crippen LogP contribution is -2.35. The largest absolute Gasteiger partial charge is 0.507 e. The Kier molecular flexibility index (Phi) is 5.35. The first kappa shape index (κ1) is 19.2. The van der Waals surface area contributed by atoms with Gasteiger partial charge in [-0.25, -0.2) is 8.42 Å². The number of anilines is 2. The van der Waals surface area contributed by atoms with E-state index < -0.39 is 9.84 Å². The normalized spacial score (nSPS) is 21.9. The van der Waals surface area contributed by atoms with Gasteiger partial charge in [0.05, 0.1) is 20.8 Å². The molecule has 0 spiro atoms. The Morgan fingerprint density at radius 3 is 2.58 bits per heavy atom. The first-order valence-corrected chi connectivity index (χ1v) is 11.3. The van der Waals surface area contributed by atoms with Gasteiger partial charge in [0, 0.05) is 18.3 Å². The first-order chi connectivity index (χ1) is 12.3. The van der Waals surface area contributed by atoms with Crippen molar-refractivity contribution in [1.29, 1.82) is 0 Å². The van der Waals surface area contributed by atoms with Crippen molar-refractivity contribution in [3.8, 4) is 5.75 Å². The number of hydrogen-bond acceptors (Lipinski definition) is 4. The highest BCUT2D eigenvalue weighted by Crippen LogP contribution is 2.45. The van der Waals surface area contributed by atoms with Crippen molar-refractivity contribution in [1.82, 2.24) is 0 Å². The molecule has 2 aromatic carbocycles. The van der Waals surface area contributed by atoms with Crippen LogP contribution in [0, 0.1) is 5.41 Å². The average Bonchev–Trinajstić information content (AvgIpc) is 2.68. The molecule has 0 radical (unpaired) electrons. The molecule has 0 saturated carbocycles. The molecule has 1 aliphatic heterocycles. The van der Waals surface area contributed by atoms with E-state index in [1.807, 2.05) is 30.3 Å². The smallest absolute Gasteiger partial charge is 0.181 e. The van der Waals surface area contributed by atoms with Crippen LogP contribution in [0.5, 0.6) is 5.75 Å². The lowest BCUT2D eigenvalue weighted by atomic mass is 9.86. The van der Waals surface area contributed by atoms with Gasteiger partial charge in [-0.2, -0.15) is 0 Å². The zero-order chi connectivity index (χ0) is 18.9. The maximum Gasteiger partial charge on any atom is 0.181 e. The van der Waals surface area contributed by atoms with Gasteiger partial charge in [0.2, 0.25) is 0 Å². The average molecular weight is 438 g/mol. The van der Waals surface area contributed by atoms with E-state index in [0.717, 1.165) is 24.9 Å². The quantitative estimate of drug-likeness (QED) is 0.706. The van der Waals surface area contributed by atoms with Gasteiger partial charge in [-0.05, 0) is 46.0 Å². The van der Waals surface area contributed by atoms with Crippen LogP contribution in [0.4, 0.5) is 11.4 Å². The monoisotopic (exact) mass is 437 g/mol. The fraction of sp³-hybridized carbons (Fsp3) is 0.400. The van der Waals surface area contributed by atoms with E-state index in [1.165, 1.54) is 6.07 Å². The van der Waals surface area contributed by atoms with Gasteiger partial charge >= 0.3 is 0 Å². The molecule has 0 aliphatic carbocycles. The highest BCUT2D eigenvalue weighted by Gasteiger charge is 2.39. The lowest BCUT2D eigenvalue weighted by Gasteiger charge is -2.34. The van der Waals surface area contributed by atoms with E-state index in [0.29, 0.717) is 16.7 Å². The summed E-state index contributed by atoms with van der Waals surface area (Å²) in [5.74, 6) is 0.0229. The van der Waals surface area contributed by atoms with Gasteiger partial charge in [-0.1, -0.05) is 44.9 Å². The summed E-state index contributed by atoms with van der Waals surface area (Å²) in [5, 5.41) is 10.1. The summed E-state index contributed by atoms with van der Waals surface area (Å²) in [6.45, 7) is 4.78. The third kappa shape index (κ3) is 3.76. The molecule has 0 aromatic heterocycles. The summed E-state index contributed by atoms with van der Waals surface area (Å²) in [6, 6.07) is 12.9. The number of halogens is 1. The number of sulfone groups is 1. The predicted octanol–water partition coefficient (Wildman–Crippen LogP) is 5.28. The third-order valence-electron chi connectivity index (χ3n) is 4.93. The minimum atomic E-state index is -3.52. The van der Waals surface area contributed by atoms with E-state index in [4.69, 9.17) is 0 Å². The molecule has 1 heterocycles. The zero-order valence-electron chi connectivity index (χ0n) is 15.1. The molecule has 3 rings (SSSR count). The first-order valence-electron chi connectivity index (χ1n) is 8.84. The molecular weight excluding hydrogens is 414 g/mol. The van der Waals surface area contributed by atoms with Crippen molar-refractivity contribution in [3.63, 3.8) is 0 Å². The van der Waals surface area contributed by atoms with Crippen LogP contribution in [-0.2, 0) is 9.84 Å². The minimum absolute atomic E-state index is 0.0579. The van der Waals surface area contributed by atoms with Gasteiger partial charge in [0.1, 0.15) is 5.75 Å². The van der Waals surface area contributed by atoms with Crippen LogP contribution in [0.3, 0.4) is 0 Å². The highest BCUT2D eigenvalue weighted by atomic mass is 79.9. The van der Waals surface area contributed by atoms with Crippen LogP contribution in [0.15, 0.2) is 51.8 Å². The summed E-state index contributed by atoms with van der Waals surface area (Å²) in [5.41, 5.74) is 1.19. The molecule has 140 valence electrons. The number of rotatable bonds is 4. The van der Waals surface area contributed by atoms with E-state index in [1.54, 1.807) is 6.07 Å².